The number of carboxylic acid groups (broad SMARTS) is 1. The van der Waals surface area contributed by atoms with Crippen molar-refractivity contribution in [1.82, 2.24) is 9.47 Å². The smallest absolute Gasteiger partial charge is 0.326 e. The number of carboxylic acids is 1. The minimum atomic E-state index is -0.962. The van der Waals surface area contributed by atoms with E-state index < -0.39 is 23.2 Å². The Bertz CT molecular complexity index is 616. The number of piperidine rings is 1. The first-order chi connectivity index (χ1) is 10.8. The van der Waals surface area contributed by atoms with Gasteiger partial charge in [0.15, 0.2) is 5.75 Å². The quantitative estimate of drug-likeness (QED) is 0.867. The Labute approximate surface area is 136 Å². The molecule has 2 rings (SSSR count). The predicted octanol–water partition coefficient (Wildman–Crippen LogP) is 2.07. The maximum absolute atomic E-state index is 11.8. The van der Waals surface area contributed by atoms with Crippen LogP contribution < -0.4 is 5.43 Å². The van der Waals surface area contributed by atoms with Gasteiger partial charge in [0.1, 0.15) is 6.04 Å². The second-order valence-corrected chi connectivity index (χ2v) is 6.91. The van der Waals surface area contributed by atoms with Crippen molar-refractivity contribution in [2.75, 3.05) is 13.1 Å². The Morgan fingerprint density at radius 2 is 1.96 bits per heavy atom. The van der Waals surface area contributed by atoms with Crippen molar-refractivity contribution in [2.24, 2.45) is 11.8 Å². The third kappa shape index (κ3) is 4.13. The number of aliphatic carboxylic acids is 1. The van der Waals surface area contributed by atoms with Gasteiger partial charge >= 0.3 is 5.97 Å². The van der Waals surface area contributed by atoms with Crippen molar-refractivity contribution >= 4 is 5.97 Å². The van der Waals surface area contributed by atoms with Crippen molar-refractivity contribution < 1.29 is 15.0 Å². The zero-order valence-electron chi connectivity index (χ0n) is 14.0. The molecular weight excluding hydrogens is 296 g/mol. The fourth-order valence-corrected chi connectivity index (χ4v) is 3.14. The summed E-state index contributed by atoms with van der Waals surface area (Å²) >= 11 is 0. The predicted molar refractivity (Wildman–Crippen MR) is 87.6 cm³/mol. The average Bonchev–Trinajstić information content (AvgIpc) is 2.45. The van der Waals surface area contributed by atoms with Crippen LogP contribution in [0.5, 0.6) is 5.75 Å². The summed E-state index contributed by atoms with van der Waals surface area (Å²) in [5.41, 5.74) is 0.179. The number of hydrogen-bond acceptors (Lipinski definition) is 4. The molecule has 23 heavy (non-hydrogen) atoms. The molecule has 0 aliphatic carbocycles. The summed E-state index contributed by atoms with van der Waals surface area (Å²) in [6.07, 6.45) is 3.48. The van der Waals surface area contributed by atoms with Crippen molar-refractivity contribution in [3.8, 4) is 5.75 Å². The fraction of sp³-hybridized carbons (Fsp3) is 0.647. The van der Waals surface area contributed by atoms with Crippen LogP contribution >= 0.6 is 0 Å². The van der Waals surface area contributed by atoms with Gasteiger partial charge in [0.05, 0.1) is 6.20 Å². The number of aromatic nitrogens is 1. The molecule has 1 aliphatic rings. The number of nitrogens with zero attached hydrogens (tertiary/aromatic N) is 2. The van der Waals surface area contributed by atoms with Crippen molar-refractivity contribution in [1.29, 1.82) is 0 Å². The molecule has 1 saturated heterocycles. The molecule has 0 aromatic carbocycles. The Balaban J connectivity index is 2.35. The van der Waals surface area contributed by atoms with E-state index in [2.05, 4.69) is 11.8 Å². The molecule has 1 unspecified atom stereocenters. The van der Waals surface area contributed by atoms with Crippen LogP contribution in [0.3, 0.4) is 0 Å². The molecule has 2 N–H and O–H groups in total. The highest BCUT2D eigenvalue weighted by atomic mass is 16.4. The van der Waals surface area contributed by atoms with Crippen molar-refractivity contribution in [2.45, 2.75) is 46.2 Å². The minimum Gasteiger partial charge on any atom is -0.503 e. The van der Waals surface area contributed by atoms with Crippen LogP contribution in [0.4, 0.5) is 0 Å². The minimum absolute atomic E-state index is 0.158. The first kappa shape index (κ1) is 17.5. The highest BCUT2D eigenvalue weighted by Gasteiger charge is 2.26. The SMILES string of the molecule is CC1CCN(Cc2cc(=O)c(O)cn2C(C(=O)O)C(C)C)CC1. The number of hydrogen-bond donors (Lipinski definition) is 2. The number of rotatable bonds is 5. The van der Waals surface area contributed by atoms with E-state index in [9.17, 15) is 19.8 Å². The molecule has 128 valence electrons. The lowest BCUT2D eigenvalue weighted by molar-refractivity contribution is -0.142. The van der Waals surface area contributed by atoms with E-state index in [1.54, 1.807) is 4.57 Å². The lowest BCUT2D eigenvalue weighted by Crippen LogP contribution is -2.35. The average molecular weight is 322 g/mol. The van der Waals surface area contributed by atoms with Gasteiger partial charge in [0, 0.05) is 18.3 Å². The summed E-state index contributed by atoms with van der Waals surface area (Å²) < 4.78 is 1.54. The van der Waals surface area contributed by atoms with Gasteiger partial charge in [-0.15, -0.1) is 0 Å². The van der Waals surface area contributed by atoms with Crippen LogP contribution in [-0.4, -0.2) is 38.7 Å². The molecule has 0 spiro atoms. The molecule has 1 aliphatic heterocycles. The van der Waals surface area contributed by atoms with E-state index in [1.807, 2.05) is 13.8 Å². The number of aromatic hydroxyl groups is 1. The van der Waals surface area contributed by atoms with E-state index in [0.29, 0.717) is 18.2 Å². The van der Waals surface area contributed by atoms with Crippen LogP contribution in [0.2, 0.25) is 0 Å². The van der Waals surface area contributed by atoms with Crippen molar-refractivity contribution in [3.63, 3.8) is 0 Å². The maximum Gasteiger partial charge on any atom is 0.326 e. The summed E-state index contributed by atoms with van der Waals surface area (Å²) in [6.45, 7) is 8.28. The monoisotopic (exact) mass is 322 g/mol. The normalized spacial score (nSPS) is 18.3. The number of likely N-dealkylation sites (tertiary alicyclic amines) is 1. The van der Waals surface area contributed by atoms with E-state index in [1.165, 1.54) is 12.3 Å². The first-order valence-electron chi connectivity index (χ1n) is 8.18. The Morgan fingerprint density at radius 1 is 1.35 bits per heavy atom. The van der Waals surface area contributed by atoms with Gasteiger partial charge in [-0.1, -0.05) is 20.8 Å². The largest absolute Gasteiger partial charge is 0.503 e. The third-order valence-electron chi connectivity index (χ3n) is 4.59. The van der Waals surface area contributed by atoms with Crippen LogP contribution in [0.1, 0.15) is 45.3 Å². The number of pyridine rings is 1. The molecule has 1 atom stereocenters. The van der Waals surface area contributed by atoms with E-state index >= 15 is 0 Å². The van der Waals surface area contributed by atoms with Gasteiger partial charge in [-0.25, -0.2) is 4.79 Å². The topological polar surface area (TPSA) is 82.8 Å². The summed E-state index contributed by atoms with van der Waals surface area (Å²) in [6, 6.07) is 0.561. The fourth-order valence-electron chi connectivity index (χ4n) is 3.14. The summed E-state index contributed by atoms with van der Waals surface area (Å²) in [4.78, 5) is 25.7. The van der Waals surface area contributed by atoms with Gasteiger partial charge in [-0.05, 0) is 37.8 Å². The molecule has 1 aromatic rings. The molecule has 0 saturated carbocycles. The van der Waals surface area contributed by atoms with Gasteiger partial charge < -0.3 is 14.8 Å². The van der Waals surface area contributed by atoms with Crippen LogP contribution in [0.25, 0.3) is 0 Å². The molecule has 6 heteroatoms. The molecule has 0 bridgehead atoms. The second kappa shape index (κ2) is 7.17. The third-order valence-corrected chi connectivity index (χ3v) is 4.59. The van der Waals surface area contributed by atoms with Crippen LogP contribution in [-0.2, 0) is 11.3 Å². The Morgan fingerprint density at radius 3 is 2.48 bits per heavy atom. The van der Waals surface area contributed by atoms with Gasteiger partial charge in [-0.2, -0.15) is 0 Å². The van der Waals surface area contributed by atoms with Gasteiger partial charge in [0.2, 0.25) is 5.43 Å². The molecule has 1 aromatic heterocycles. The molecule has 0 amide bonds. The maximum atomic E-state index is 11.8. The Hall–Kier alpha value is -1.82. The van der Waals surface area contributed by atoms with E-state index in [0.717, 1.165) is 25.9 Å². The zero-order chi connectivity index (χ0) is 17.1. The molecule has 2 heterocycles. The highest BCUT2D eigenvalue weighted by molar-refractivity contribution is 5.72. The van der Waals surface area contributed by atoms with Crippen LogP contribution in [0.15, 0.2) is 17.1 Å². The summed E-state index contributed by atoms with van der Waals surface area (Å²) in [5.74, 6) is -0.824. The van der Waals surface area contributed by atoms with E-state index in [4.69, 9.17) is 0 Å². The van der Waals surface area contributed by atoms with E-state index in [-0.39, 0.29) is 5.92 Å². The second-order valence-electron chi connectivity index (χ2n) is 6.91. The number of carbonyl (C=O) groups is 1. The lowest BCUT2D eigenvalue weighted by Gasteiger charge is -2.32. The molecule has 1 fully saturated rings. The van der Waals surface area contributed by atoms with Gasteiger partial charge in [0.25, 0.3) is 0 Å². The van der Waals surface area contributed by atoms with Crippen molar-refractivity contribution in [3.05, 3.63) is 28.2 Å². The zero-order valence-corrected chi connectivity index (χ0v) is 14.0. The summed E-state index contributed by atoms with van der Waals surface area (Å²) in [5, 5.41) is 19.3. The van der Waals surface area contributed by atoms with Crippen LogP contribution in [0, 0.1) is 11.8 Å². The summed E-state index contributed by atoms with van der Waals surface area (Å²) in [7, 11) is 0. The molecule has 0 radical (unpaired) electrons. The molecule has 6 nitrogen and oxygen atoms in total. The highest BCUT2D eigenvalue weighted by Crippen LogP contribution is 2.24. The lowest BCUT2D eigenvalue weighted by atomic mass is 9.99. The molecular formula is C17H26N2O4. The van der Waals surface area contributed by atoms with Gasteiger partial charge in [-0.3, -0.25) is 9.69 Å². The first-order valence-corrected chi connectivity index (χ1v) is 8.18. The Kier molecular flexibility index (Phi) is 5.46. The standard InChI is InChI=1S/C17H26N2O4/c1-11(2)16(17(22)23)19-10-15(21)14(20)8-13(19)9-18-6-4-12(3)5-7-18/h8,10-12,16,21H,4-7,9H2,1-3H3,(H,22,23).